The highest BCUT2D eigenvalue weighted by molar-refractivity contribution is 9.10. The summed E-state index contributed by atoms with van der Waals surface area (Å²) in [6.07, 6.45) is 0. The molecule has 0 saturated heterocycles. The molecule has 0 radical (unpaired) electrons. The molecular weight excluding hydrogens is 339 g/mol. The maximum atomic E-state index is 13.5. The van der Waals surface area contributed by atoms with Crippen LogP contribution in [0.5, 0.6) is 11.5 Å². The molecule has 0 atom stereocenters. The van der Waals surface area contributed by atoms with E-state index < -0.39 is 5.82 Å². The van der Waals surface area contributed by atoms with E-state index in [1.54, 1.807) is 31.4 Å². The van der Waals surface area contributed by atoms with E-state index in [-0.39, 0.29) is 12.4 Å². The van der Waals surface area contributed by atoms with Crippen LogP contribution in [-0.2, 0) is 6.61 Å². The molecule has 0 saturated carbocycles. The van der Waals surface area contributed by atoms with Crippen LogP contribution in [0.1, 0.15) is 11.1 Å². The van der Waals surface area contributed by atoms with Gasteiger partial charge in [-0.05, 0) is 57.9 Å². The van der Waals surface area contributed by atoms with Gasteiger partial charge in [-0.15, -0.1) is 0 Å². The van der Waals surface area contributed by atoms with Crippen LogP contribution in [0.2, 0.25) is 0 Å². The van der Waals surface area contributed by atoms with Crippen molar-refractivity contribution in [2.45, 2.75) is 6.61 Å². The minimum absolute atomic E-state index is 0.170. The van der Waals surface area contributed by atoms with Gasteiger partial charge in [-0.3, -0.25) is 5.41 Å². The lowest BCUT2D eigenvalue weighted by Gasteiger charge is -2.10. The molecule has 0 aliphatic rings. The molecule has 0 aliphatic carbocycles. The average Bonchev–Trinajstić information content (AvgIpc) is 2.45. The molecule has 21 heavy (non-hydrogen) atoms. The Labute approximate surface area is 130 Å². The molecule has 3 N–H and O–H groups in total. The maximum Gasteiger partial charge on any atom is 0.134 e. The molecule has 0 spiro atoms. The third kappa shape index (κ3) is 3.95. The molecule has 2 aromatic carbocycles. The molecule has 2 rings (SSSR count). The molecule has 4 nitrogen and oxygen atoms in total. The normalized spacial score (nSPS) is 10.2. The second-order valence-corrected chi connectivity index (χ2v) is 5.20. The Balaban J connectivity index is 2.14. The summed E-state index contributed by atoms with van der Waals surface area (Å²) in [6, 6.07) is 9.50. The van der Waals surface area contributed by atoms with Gasteiger partial charge < -0.3 is 15.2 Å². The fraction of sp³-hybridized carbons (Fsp3) is 0.133. The zero-order valence-electron chi connectivity index (χ0n) is 11.3. The van der Waals surface area contributed by atoms with Crippen molar-refractivity contribution >= 4 is 21.8 Å². The van der Waals surface area contributed by atoms with E-state index >= 15 is 0 Å². The van der Waals surface area contributed by atoms with Crippen LogP contribution in [-0.4, -0.2) is 12.9 Å². The highest BCUT2D eigenvalue weighted by Gasteiger charge is 2.06. The topological polar surface area (TPSA) is 68.3 Å². The van der Waals surface area contributed by atoms with Crippen LogP contribution in [0.3, 0.4) is 0 Å². The number of hydrogen-bond donors (Lipinski definition) is 2. The fourth-order valence-electron chi connectivity index (χ4n) is 1.78. The van der Waals surface area contributed by atoms with Crippen molar-refractivity contribution in [3.63, 3.8) is 0 Å². The van der Waals surface area contributed by atoms with Gasteiger partial charge in [0, 0.05) is 5.56 Å². The van der Waals surface area contributed by atoms with Gasteiger partial charge in [0.15, 0.2) is 0 Å². The number of methoxy groups -OCH3 is 1. The van der Waals surface area contributed by atoms with Gasteiger partial charge in [0.05, 0.1) is 11.6 Å². The van der Waals surface area contributed by atoms with Crippen LogP contribution >= 0.6 is 15.9 Å². The van der Waals surface area contributed by atoms with Crippen molar-refractivity contribution in [1.82, 2.24) is 0 Å². The molecule has 0 aliphatic heterocycles. The van der Waals surface area contributed by atoms with Crippen molar-refractivity contribution < 1.29 is 13.9 Å². The molecule has 0 fully saturated rings. The van der Waals surface area contributed by atoms with E-state index in [1.807, 2.05) is 0 Å². The highest BCUT2D eigenvalue weighted by Crippen LogP contribution is 2.29. The number of nitrogen functional groups attached to an aromatic ring is 1. The van der Waals surface area contributed by atoms with E-state index in [1.165, 1.54) is 12.1 Å². The van der Waals surface area contributed by atoms with Crippen molar-refractivity contribution in [2.75, 3.05) is 7.11 Å². The summed E-state index contributed by atoms with van der Waals surface area (Å²) in [5.74, 6) is 0.694. The van der Waals surface area contributed by atoms with E-state index in [9.17, 15) is 4.39 Å². The Morgan fingerprint density at radius 1 is 1.29 bits per heavy atom. The first kappa shape index (κ1) is 15.3. The summed E-state index contributed by atoms with van der Waals surface area (Å²) in [5, 5.41) is 7.35. The van der Waals surface area contributed by atoms with E-state index in [2.05, 4.69) is 15.9 Å². The zero-order valence-corrected chi connectivity index (χ0v) is 12.9. The van der Waals surface area contributed by atoms with Gasteiger partial charge in [0.25, 0.3) is 0 Å². The Morgan fingerprint density at radius 2 is 2.05 bits per heavy atom. The number of nitrogens with two attached hydrogens (primary N) is 1. The summed E-state index contributed by atoms with van der Waals surface area (Å²) < 4.78 is 24.9. The lowest BCUT2D eigenvalue weighted by atomic mass is 10.1. The first-order valence-corrected chi connectivity index (χ1v) is 6.89. The Bertz CT molecular complexity index is 677. The third-order valence-electron chi connectivity index (χ3n) is 2.80. The van der Waals surface area contributed by atoms with Gasteiger partial charge in [-0.25, -0.2) is 4.39 Å². The number of benzene rings is 2. The maximum absolute atomic E-state index is 13.5. The Kier molecular flexibility index (Phi) is 4.80. The number of hydrogen-bond acceptors (Lipinski definition) is 3. The van der Waals surface area contributed by atoms with E-state index in [0.717, 1.165) is 4.47 Å². The fourth-order valence-corrected chi connectivity index (χ4v) is 2.25. The second-order valence-electron chi connectivity index (χ2n) is 4.35. The van der Waals surface area contributed by atoms with Crippen LogP contribution in [0, 0.1) is 11.2 Å². The number of halogens is 2. The largest absolute Gasteiger partial charge is 0.497 e. The monoisotopic (exact) mass is 352 g/mol. The summed E-state index contributed by atoms with van der Waals surface area (Å²) in [4.78, 5) is 0. The molecule has 2 aromatic rings. The van der Waals surface area contributed by atoms with Crippen molar-refractivity contribution in [3.05, 3.63) is 57.8 Å². The lowest BCUT2D eigenvalue weighted by Crippen LogP contribution is -2.12. The standard InChI is InChI=1S/C15H14BrFN2O2/c1-20-12-2-3-14(13(16)7-12)21-8-9-4-10(15(18)19)6-11(17)5-9/h2-7H,8H2,1H3,(H3,18,19). The van der Waals surface area contributed by atoms with Crippen molar-refractivity contribution in [1.29, 1.82) is 5.41 Å². The highest BCUT2D eigenvalue weighted by atomic mass is 79.9. The first-order chi connectivity index (χ1) is 9.99. The van der Waals surface area contributed by atoms with Crippen molar-refractivity contribution in [2.24, 2.45) is 5.73 Å². The molecule has 110 valence electrons. The minimum atomic E-state index is -0.449. The smallest absolute Gasteiger partial charge is 0.134 e. The van der Waals surface area contributed by atoms with Crippen LogP contribution in [0.25, 0.3) is 0 Å². The Hall–Kier alpha value is -2.08. The average molecular weight is 353 g/mol. The van der Waals surface area contributed by atoms with Gasteiger partial charge in [0.1, 0.15) is 29.8 Å². The van der Waals surface area contributed by atoms with Crippen LogP contribution in [0.4, 0.5) is 4.39 Å². The van der Waals surface area contributed by atoms with Gasteiger partial charge in [-0.1, -0.05) is 0 Å². The molecule has 0 amide bonds. The second kappa shape index (κ2) is 6.58. The third-order valence-corrected chi connectivity index (χ3v) is 3.42. The van der Waals surface area contributed by atoms with E-state index in [0.29, 0.717) is 22.6 Å². The summed E-state index contributed by atoms with van der Waals surface area (Å²) >= 11 is 3.38. The summed E-state index contributed by atoms with van der Waals surface area (Å²) in [7, 11) is 1.58. The zero-order chi connectivity index (χ0) is 15.4. The number of rotatable bonds is 5. The predicted octanol–water partition coefficient (Wildman–Crippen LogP) is 3.46. The molecule has 0 heterocycles. The number of ether oxygens (including phenoxy) is 2. The molecule has 0 aromatic heterocycles. The lowest BCUT2D eigenvalue weighted by molar-refractivity contribution is 0.302. The first-order valence-electron chi connectivity index (χ1n) is 6.10. The van der Waals surface area contributed by atoms with Crippen LogP contribution < -0.4 is 15.2 Å². The molecule has 0 unspecified atom stereocenters. The molecule has 0 bridgehead atoms. The Morgan fingerprint density at radius 3 is 2.67 bits per heavy atom. The van der Waals surface area contributed by atoms with E-state index in [4.69, 9.17) is 20.6 Å². The molecular formula is C15H14BrFN2O2. The molecule has 6 heteroatoms. The van der Waals surface area contributed by atoms with Crippen LogP contribution in [0.15, 0.2) is 40.9 Å². The van der Waals surface area contributed by atoms with Gasteiger partial charge in [0.2, 0.25) is 0 Å². The van der Waals surface area contributed by atoms with Crippen molar-refractivity contribution in [3.8, 4) is 11.5 Å². The predicted molar refractivity (Wildman–Crippen MR) is 82.4 cm³/mol. The summed E-state index contributed by atoms with van der Waals surface area (Å²) in [5.41, 5.74) is 6.30. The number of amidine groups is 1. The SMILES string of the molecule is COc1ccc(OCc2cc(F)cc(C(=N)N)c2)c(Br)c1. The minimum Gasteiger partial charge on any atom is -0.497 e. The van der Waals surface area contributed by atoms with Gasteiger partial charge in [-0.2, -0.15) is 0 Å². The quantitative estimate of drug-likeness (QED) is 0.639. The number of nitrogens with one attached hydrogen (secondary N) is 1. The van der Waals surface area contributed by atoms with Gasteiger partial charge >= 0.3 is 0 Å². The summed E-state index contributed by atoms with van der Waals surface area (Å²) in [6.45, 7) is 0.170.